The molecule has 0 aliphatic carbocycles. The molecule has 1 rings (SSSR count). The van der Waals surface area contributed by atoms with Gasteiger partial charge in [-0.2, -0.15) is 0 Å². The molecule has 5 nitrogen and oxygen atoms in total. The third kappa shape index (κ3) is 4.61. The SMILES string of the molecule is Cc1cccc(N(C)N)c1CBr.NNC=O. The molecule has 0 aliphatic heterocycles. The first-order chi connectivity index (χ1) is 7.58. The maximum Gasteiger partial charge on any atom is 0.221 e. The van der Waals surface area contributed by atoms with Crippen molar-refractivity contribution >= 4 is 28.0 Å². The molecule has 1 aromatic carbocycles. The first kappa shape index (κ1) is 14.9. The summed E-state index contributed by atoms with van der Waals surface area (Å²) in [5.41, 5.74) is 5.34. The first-order valence-electron chi connectivity index (χ1n) is 4.61. The highest BCUT2D eigenvalue weighted by molar-refractivity contribution is 9.08. The zero-order chi connectivity index (χ0) is 12.6. The lowest BCUT2D eigenvalue weighted by Crippen LogP contribution is -2.26. The van der Waals surface area contributed by atoms with Gasteiger partial charge in [0.2, 0.25) is 6.41 Å². The van der Waals surface area contributed by atoms with Crippen LogP contribution in [0.25, 0.3) is 0 Å². The molecule has 90 valence electrons. The van der Waals surface area contributed by atoms with Crippen LogP contribution in [0.1, 0.15) is 11.1 Å². The number of carbonyl (C=O) groups excluding carboxylic acids is 1. The predicted molar refractivity (Wildman–Crippen MR) is 69.8 cm³/mol. The zero-order valence-electron chi connectivity index (χ0n) is 9.40. The minimum atomic E-state index is 0.403. The van der Waals surface area contributed by atoms with Crippen molar-refractivity contribution in [2.24, 2.45) is 11.7 Å². The van der Waals surface area contributed by atoms with Crippen molar-refractivity contribution in [1.82, 2.24) is 5.43 Å². The van der Waals surface area contributed by atoms with Crippen LogP contribution in [-0.4, -0.2) is 13.5 Å². The number of benzene rings is 1. The van der Waals surface area contributed by atoms with Gasteiger partial charge >= 0.3 is 0 Å². The summed E-state index contributed by atoms with van der Waals surface area (Å²) in [4.78, 5) is 8.94. The van der Waals surface area contributed by atoms with Crippen LogP contribution in [0.5, 0.6) is 0 Å². The Bertz CT molecular complexity index is 331. The fraction of sp³-hybridized carbons (Fsp3) is 0.300. The minimum Gasteiger partial charge on any atom is -0.314 e. The highest BCUT2D eigenvalue weighted by atomic mass is 79.9. The number of alkyl halides is 1. The Morgan fingerprint density at radius 3 is 2.44 bits per heavy atom. The highest BCUT2D eigenvalue weighted by Crippen LogP contribution is 2.23. The molecule has 0 spiro atoms. The molecule has 0 bridgehead atoms. The van der Waals surface area contributed by atoms with Gasteiger partial charge in [0, 0.05) is 12.4 Å². The molecule has 5 N–H and O–H groups in total. The lowest BCUT2D eigenvalue weighted by atomic mass is 10.1. The molecule has 0 radical (unpaired) electrons. The smallest absolute Gasteiger partial charge is 0.221 e. The normalized spacial score (nSPS) is 8.81. The van der Waals surface area contributed by atoms with Gasteiger partial charge in [-0.1, -0.05) is 28.1 Å². The molecule has 6 heteroatoms. The van der Waals surface area contributed by atoms with Crippen LogP contribution in [0.15, 0.2) is 18.2 Å². The van der Waals surface area contributed by atoms with Gasteiger partial charge in [-0.25, -0.2) is 11.7 Å². The van der Waals surface area contributed by atoms with E-state index in [2.05, 4.69) is 34.8 Å². The Kier molecular flexibility index (Phi) is 7.53. The average molecular weight is 289 g/mol. The number of carbonyl (C=O) groups is 1. The number of hydrogen-bond donors (Lipinski definition) is 3. The van der Waals surface area contributed by atoms with Crippen LogP contribution < -0.4 is 22.1 Å². The second-order valence-electron chi connectivity index (χ2n) is 3.10. The van der Waals surface area contributed by atoms with Gasteiger partial charge in [0.25, 0.3) is 0 Å². The van der Waals surface area contributed by atoms with E-state index in [4.69, 9.17) is 10.6 Å². The fourth-order valence-electron chi connectivity index (χ4n) is 1.19. The van der Waals surface area contributed by atoms with E-state index in [0.717, 1.165) is 11.0 Å². The maximum absolute atomic E-state index is 8.94. The fourth-order valence-corrected chi connectivity index (χ4v) is 1.92. The third-order valence-corrected chi connectivity index (χ3v) is 2.53. The minimum absolute atomic E-state index is 0.403. The van der Waals surface area contributed by atoms with E-state index in [1.807, 2.05) is 19.2 Å². The van der Waals surface area contributed by atoms with Gasteiger partial charge in [0.15, 0.2) is 0 Å². The monoisotopic (exact) mass is 288 g/mol. The Morgan fingerprint density at radius 2 is 2.12 bits per heavy atom. The topological polar surface area (TPSA) is 84.4 Å². The second-order valence-corrected chi connectivity index (χ2v) is 3.66. The van der Waals surface area contributed by atoms with Crippen molar-refractivity contribution in [3.8, 4) is 0 Å². The van der Waals surface area contributed by atoms with E-state index in [0.29, 0.717) is 6.41 Å². The Labute approximate surface area is 104 Å². The van der Waals surface area contributed by atoms with Crippen molar-refractivity contribution in [2.45, 2.75) is 12.3 Å². The molecule has 1 aromatic rings. The van der Waals surface area contributed by atoms with Crippen LogP contribution in [0.3, 0.4) is 0 Å². The summed E-state index contributed by atoms with van der Waals surface area (Å²) in [5.74, 6) is 10.1. The molecule has 1 amide bonds. The van der Waals surface area contributed by atoms with Crippen LogP contribution in [-0.2, 0) is 10.1 Å². The lowest BCUT2D eigenvalue weighted by molar-refractivity contribution is -0.109. The molecule has 0 aromatic heterocycles. The summed E-state index contributed by atoms with van der Waals surface area (Å²) >= 11 is 3.45. The van der Waals surface area contributed by atoms with Crippen molar-refractivity contribution in [1.29, 1.82) is 0 Å². The number of rotatable bonds is 3. The number of amides is 1. The van der Waals surface area contributed by atoms with Crippen LogP contribution in [0, 0.1) is 6.92 Å². The summed E-state index contributed by atoms with van der Waals surface area (Å²) in [6.45, 7) is 2.09. The zero-order valence-corrected chi connectivity index (χ0v) is 11.0. The molecule has 0 saturated carbocycles. The molecule has 0 aliphatic rings. The maximum atomic E-state index is 8.94. The van der Waals surface area contributed by atoms with E-state index in [1.165, 1.54) is 11.1 Å². The largest absolute Gasteiger partial charge is 0.314 e. The number of hydrogen-bond acceptors (Lipinski definition) is 4. The van der Waals surface area contributed by atoms with Gasteiger partial charge in [0.05, 0.1) is 5.69 Å². The van der Waals surface area contributed by atoms with Gasteiger partial charge in [-0.05, 0) is 24.1 Å². The second kappa shape index (κ2) is 8.09. The summed E-state index contributed by atoms with van der Waals surface area (Å²) in [6.07, 6.45) is 0.403. The van der Waals surface area contributed by atoms with Crippen molar-refractivity contribution in [3.63, 3.8) is 0 Å². The number of nitrogens with zero attached hydrogens (tertiary/aromatic N) is 1. The first-order valence-corrected chi connectivity index (χ1v) is 5.73. The van der Waals surface area contributed by atoms with E-state index in [-0.39, 0.29) is 0 Å². The molecule has 0 unspecified atom stereocenters. The Hall–Kier alpha value is -1.11. The molecular formula is C10H17BrN4O. The molecular weight excluding hydrogens is 272 g/mol. The van der Waals surface area contributed by atoms with Crippen molar-refractivity contribution in [3.05, 3.63) is 29.3 Å². The van der Waals surface area contributed by atoms with E-state index in [1.54, 1.807) is 10.4 Å². The van der Waals surface area contributed by atoms with Crippen LogP contribution in [0.2, 0.25) is 0 Å². The number of hydrazine groups is 2. The van der Waals surface area contributed by atoms with Crippen LogP contribution >= 0.6 is 15.9 Å². The Balaban J connectivity index is 0.000000487. The highest BCUT2D eigenvalue weighted by Gasteiger charge is 2.04. The molecule has 0 atom stereocenters. The van der Waals surface area contributed by atoms with Crippen LogP contribution in [0.4, 0.5) is 5.69 Å². The quantitative estimate of drug-likeness (QED) is 0.253. The molecule has 16 heavy (non-hydrogen) atoms. The van der Waals surface area contributed by atoms with E-state index in [9.17, 15) is 0 Å². The predicted octanol–water partition coefficient (Wildman–Crippen LogP) is 0.806. The van der Waals surface area contributed by atoms with Crippen molar-refractivity contribution < 1.29 is 4.79 Å². The number of nitrogens with two attached hydrogens (primary N) is 2. The number of anilines is 1. The summed E-state index contributed by atoms with van der Waals surface area (Å²) < 4.78 is 0. The number of nitrogens with one attached hydrogen (secondary N) is 1. The van der Waals surface area contributed by atoms with E-state index < -0.39 is 0 Å². The van der Waals surface area contributed by atoms with Crippen molar-refractivity contribution in [2.75, 3.05) is 12.1 Å². The van der Waals surface area contributed by atoms with Gasteiger partial charge in [-0.15, -0.1) is 0 Å². The third-order valence-electron chi connectivity index (χ3n) is 1.97. The van der Waals surface area contributed by atoms with Gasteiger partial charge in [0.1, 0.15) is 0 Å². The van der Waals surface area contributed by atoms with E-state index >= 15 is 0 Å². The summed E-state index contributed by atoms with van der Waals surface area (Å²) in [5, 5.41) is 2.49. The molecule has 0 heterocycles. The summed E-state index contributed by atoms with van der Waals surface area (Å²) in [6, 6.07) is 6.12. The Morgan fingerprint density at radius 1 is 1.56 bits per heavy atom. The molecule has 0 fully saturated rings. The summed E-state index contributed by atoms with van der Waals surface area (Å²) in [7, 11) is 1.85. The van der Waals surface area contributed by atoms with Gasteiger partial charge < -0.3 is 5.01 Å². The molecule has 0 saturated heterocycles. The standard InChI is InChI=1S/C9H13BrN2.CH4N2O/c1-7-4-3-5-9(12(2)11)8(7)6-10;2-3-1-4/h3-5H,6,11H2,1-2H3;1H,2H2,(H,3,4). The number of aryl methyl sites for hydroxylation is 1. The lowest BCUT2D eigenvalue weighted by Gasteiger charge is -2.17. The van der Waals surface area contributed by atoms with Gasteiger partial charge in [-0.3, -0.25) is 10.2 Å². The number of halogens is 1. The average Bonchev–Trinajstić information content (AvgIpc) is 2.29.